The van der Waals surface area contributed by atoms with Gasteiger partial charge in [-0.3, -0.25) is 23.3 Å². The molecular weight excluding hydrogens is 391 g/mol. The van der Waals surface area contributed by atoms with Gasteiger partial charge in [0.05, 0.1) is 6.54 Å². The van der Waals surface area contributed by atoms with Gasteiger partial charge in [-0.1, -0.05) is 26.0 Å². The Labute approximate surface area is 172 Å². The van der Waals surface area contributed by atoms with Crippen LogP contribution in [0.5, 0.6) is 0 Å². The van der Waals surface area contributed by atoms with E-state index in [1.54, 1.807) is 37.6 Å². The molecule has 160 valence electrons. The van der Waals surface area contributed by atoms with Crippen LogP contribution in [0.2, 0.25) is 0 Å². The first-order valence-electron chi connectivity index (χ1n) is 9.63. The van der Waals surface area contributed by atoms with E-state index in [-0.39, 0.29) is 35.4 Å². The van der Waals surface area contributed by atoms with Gasteiger partial charge in [0.1, 0.15) is 5.82 Å². The number of anilines is 1. The fourth-order valence-corrected chi connectivity index (χ4v) is 3.07. The highest BCUT2D eigenvalue weighted by atomic mass is 19.1. The number of hydrogen-bond acceptors (Lipinski definition) is 5. The first-order valence-corrected chi connectivity index (χ1v) is 9.63. The number of amides is 1. The van der Waals surface area contributed by atoms with E-state index in [9.17, 15) is 18.8 Å². The standard InChI is InChI=1S/C20H25FN6O3/c1-12(2)17(28)22-9-10-23-19-24-16-15(18(29)26(4)20(30)25(16)3)27(19)11-13-5-7-14(21)8-6-13/h5-8,12H,9-11H2,1-4H3,(H,22,28)(H,23,24). The van der Waals surface area contributed by atoms with Crippen molar-refractivity contribution in [1.29, 1.82) is 0 Å². The molecule has 0 saturated carbocycles. The maximum atomic E-state index is 13.3. The second kappa shape index (κ2) is 8.52. The molecule has 0 bridgehead atoms. The second-order valence-corrected chi connectivity index (χ2v) is 7.40. The van der Waals surface area contributed by atoms with Crippen LogP contribution in [0.4, 0.5) is 10.3 Å². The number of carbonyl (C=O) groups excluding carboxylic acids is 1. The third-order valence-electron chi connectivity index (χ3n) is 4.83. The number of nitrogens with one attached hydrogen (secondary N) is 2. The first-order chi connectivity index (χ1) is 14.2. The van der Waals surface area contributed by atoms with E-state index in [0.717, 1.165) is 10.1 Å². The van der Waals surface area contributed by atoms with Crippen molar-refractivity contribution < 1.29 is 9.18 Å². The SMILES string of the molecule is CC(C)C(=O)NCCNc1nc2c(c(=O)n(C)c(=O)n2C)n1Cc1ccc(F)cc1. The van der Waals surface area contributed by atoms with E-state index in [2.05, 4.69) is 15.6 Å². The Hall–Kier alpha value is -3.43. The predicted octanol–water partition coefficient (Wildman–Crippen LogP) is 0.805. The Kier molecular flexibility index (Phi) is 6.04. The number of aryl methyl sites for hydroxylation is 1. The molecule has 1 aromatic carbocycles. The highest BCUT2D eigenvalue weighted by Crippen LogP contribution is 2.18. The third kappa shape index (κ3) is 4.12. The molecule has 10 heteroatoms. The Morgan fingerprint density at radius 1 is 1.10 bits per heavy atom. The number of hydrogen-bond donors (Lipinski definition) is 2. The summed E-state index contributed by atoms with van der Waals surface area (Å²) in [5, 5.41) is 5.92. The molecule has 9 nitrogen and oxygen atoms in total. The third-order valence-corrected chi connectivity index (χ3v) is 4.83. The highest BCUT2D eigenvalue weighted by Gasteiger charge is 2.19. The first kappa shape index (κ1) is 21.3. The van der Waals surface area contributed by atoms with Gasteiger partial charge in [0, 0.05) is 33.1 Å². The van der Waals surface area contributed by atoms with Gasteiger partial charge in [-0.2, -0.15) is 4.98 Å². The van der Waals surface area contributed by atoms with E-state index in [4.69, 9.17) is 0 Å². The summed E-state index contributed by atoms with van der Waals surface area (Å²) in [6.45, 7) is 4.61. The molecule has 0 fully saturated rings. The highest BCUT2D eigenvalue weighted by molar-refractivity contribution is 5.78. The fourth-order valence-electron chi connectivity index (χ4n) is 3.07. The lowest BCUT2D eigenvalue weighted by molar-refractivity contribution is -0.123. The quantitative estimate of drug-likeness (QED) is 0.555. The van der Waals surface area contributed by atoms with Crippen LogP contribution in [0, 0.1) is 11.7 Å². The second-order valence-electron chi connectivity index (χ2n) is 7.40. The van der Waals surface area contributed by atoms with Crippen LogP contribution in [0.25, 0.3) is 11.2 Å². The van der Waals surface area contributed by atoms with Crippen LogP contribution in [0.15, 0.2) is 33.9 Å². The Morgan fingerprint density at radius 2 is 1.77 bits per heavy atom. The Morgan fingerprint density at radius 3 is 2.40 bits per heavy atom. The summed E-state index contributed by atoms with van der Waals surface area (Å²) in [5.41, 5.74) is 0.331. The van der Waals surface area contributed by atoms with E-state index in [1.165, 1.54) is 23.7 Å². The maximum Gasteiger partial charge on any atom is 0.332 e. The van der Waals surface area contributed by atoms with Crippen molar-refractivity contribution in [1.82, 2.24) is 24.0 Å². The van der Waals surface area contributed by atoms with Gasteiger partial charge in [0.15, 0.2) is 11.2 Å². The average Bonchev–Trinajstić information content (AvgIpc) is 3.07. The number of imidazole rings is 1. The van der Waals surface area contributed by atoms with Crippen molar-refractivity contribution in [2.45, 2.75) is 20.4 Å². The molecule has 2 heterocycles. The van der Waals surface area contributed by atoms with Crippen molar-refractivity contribution in [3.05, 3.63) is 56.5 Å². The fraction of sp³-hybridized carbons (Fsp3) is 0.400. The molecule has 0 unspecified atom stereocenters. The molecule has 30 heavy (non-hydrogen) atoms. The van der Waals surface area contributed by atoms with Crippen molar-refractivity contribution in [2.24, 2.45) is 20.0 Å². The molecule has 0 aliphatic carbocycles. The van der Waals surface area contributed by atoms with Crippen molar-refractivity contribution in [3.8, 4) is 0 Å². The minimum absolute atomic E-state index is 0.0621. The minimum atomic E-state index is -0.477. The maximum absolute atomic E-state index is 13.3. The molecule has 0 aliphatic rings. The largest absolute Gasteiger partial charge is 0.354 e. The smallest absolute Gasteiger partial charge is 0.332 e. The molecule has 2 aromatic heterocycles. The number of halogens is 1. The number of nitrogens with zero attached hydrogens (tertiary/aromatic N) is 4. The molecule has 3 aromatic rings. The van der Waals surface area contributed by atoms with Gasteiger partial charge < -0.3 is 10.6 Å². The topological polar surface area (TPSA) is 103 Å². The van der Waals surface area contributed by atoms with Crippen LogP contribution in [0.3, 0.4) is 0 Å². The van der Waals surface area contributed by atoms with Crippen molar-refractivity contribution in [2.75, 3.05) is 18.4 Å². The lowest BCUT2D eigenvalue weighted by Gasteiger charge is -2.12. The van der Waals surface area contributed by atoms with Crippen LogP contribution in [0.1, 0.15) is 19.4 Å². The molecule has 0 radical (unpaired) electrons. The van der Waals surface area contributed by atoms with Crippen LogP contribution in [-0.2, 0) is 25.4 Å². The molecular formula is C20H25FN6O3. The zero-order valence-electron chi connectivity index (χ0n) is 17.4. The summed E-state index contributed by atoms with van der Waals surface area (Å²) in [6, 6.07) is 5.94. The number of carbonyl (C=O) groups is 1. The van der Waals surface area contributed by atoms with E-state index in [0.29, 0.717) is 19.0 Å². The zero-order chi connectivity index (χ0) is 22.0. The van der Waals surface area contributed by atoms with E-state index >= 15 is 0 Å². The lowest BCUT2D eigenvalue weighted by atomic mass is 10.2. The Bertz CT molecular complexity index is 1190. The van der Waals surface area contributed by atoms with Crippen molar-refractivity contribution >= 4 is 23.0 Å². The van der Waals surface area contributed by atoms with Gasteiger partial charge in [0.2, 0.25) is 11.9 Å². The molecule has 3 rings (SSSR count). The summed E-state index contributed by atoms with van der Waals surface area (Å²) < 4.78 is 17.3. The Balaban J connectivity index is 2.00. The summed E-state index contributed by atoms with van der Waals surface area (Å²) in [4.78, 5) is 41.3. The van der Waals surface area contributed by atoms with Gasteiger partial charge in [-0.05, 0) is 17.7 Å². The van der Waals surface area contributed by atoms with Gasteiger partial charge in [0.25, 0.3) is 5.56 Å². The summed E-state index contributed by atoms with van der Waals surface area (Å²) in [7, 11) is 2.96. The number of rotatable bonds is 7. The zero-order valence-corrected chi connectivity index (χ0v) is 17.4. The normalized spacial score (nSPS) is 11.3. The lowest BCUT2D eigenvalue weighted by Crippen LogP contribution is -2.37. The van der Waals surface area contributed by atoms with E-state index < -0.39 is 11.2 Å². The van der Waals surface area contributed by atoms with Crippen LogP contribution >= 0.6 is 0 Å². The van der Waals surface area contributed by atoms with Crippen LogP contribution < -0.4 is 21.9 Å². The molecule has 0 spiro atoms. The van der Waals surface area contributed by atoms with Gasteiger partial charge >= 0.3 is 5.69 Å². The average molecular weight is 416 g/mol. The van der Waals surface area contributed by atoms with Crippen molar-refractivity contribution in [3.63, 3.8) is 0 Å². The molecule has 0 atom stereocenters. The van der Waals surface area contributed by atoms with Gasteiger partial charge in [-0.15, -0.1) is 0 Å². The summed E-state index contributed by atoms with van der Waals surface area (Å²) in [5.74, 6) is -0.156. The van der Waals surface area contributed by atoms with Gasteiger partial charge in [-0.25, -0.2) is 9.18 Å². The summed E-state index contributed by atoms with van der Waals surface area (Å²) in [6.07, 6.45) is 0. The number of fused-ring (bicyclic) bond motifs is 1. The number of benzene rings is 1. The van der Waals surface area contributed by atoms with E-state index in [1.807, 2.05) is 0 Å². The molecule has 1 amide bonds. The molecule has 0 saturated heterocycles. The number of aromatic nitrogens is 4. The summed E-state index contributed by atoms with van der Waals surface area (Å²) >= 11 is 0. The monoisotopic (exact) mass is 416 g/mol. The predicted molar refractivity (Wildman–Crippen MR) is 112 cm³/mol. The van der Waals surface area contributed by atoms with Crippen LogP contribution in [-0.4, -0.2) is 37.7 Å². The minimum Gasteiger partial charge on any atom is -0.354 e. The molecule has 2 N–H and O–H groups in total. The molecule has 0 aliphatic heterocycles.